The van der Waals surface area contributed by atoms with Crippen molar-refractivity contribution in [2.45, 2.75) is 44.8 Å². The highest BCUT2D eigenvalue weighted by molar-refractivity contribution is 9.10. The molecule has 1 aromatic carbocycles. The van der Waals surface area contributed by atoms with Crippen LogP contribution in [0.4, 0.5) is 0 Å². The number of halogens is 1. The Morgan fingerprint density at radius 1 is 1.50 bits per heavy atom. The van der Waals surface area contributed by atoms with E-state index >= 15 is 0 Å². The van der Waals surface area contributed by atoms with Gasteiger partial charge in [0.25, 0.3) is 0 Å². The molecule has 112 valence electrons. The third-order valence-electron chi connectivity index (χ3n) is 3.83. The van der Waals surface area contributed by atoms with E-state index in [-0.39, 0.29) is 0 Å². The quantitative estimate of drug-likeness (QED) is 0.810. The lowest BCUT2D eigenvalue weighted by Gasteiger charge is -2.21. The molecule has 0 radical (unpaired) electrons. The third-order valence-corrected chi connectivity index (χ3v) is 4.52. The highest BCUT2D eigenvalue weighted by Gasteiger charge is 2.19. The maximum Gasteiger partial charge on any atom is 0.120 e. The third kappa shape index (κ3) is 4.21. The highest BCUT2D eigenvalue weighted by atomic mass is 79.9. The fraction of sp³-hybridized carbons (Fsp3) is 0.625. The summed E-state index contributed by atoms with van der Waals surface area (Å²) < 4.78 is 12.1. The van der Waals surface area contributed by atoms with Gasteiger partial charge in [0.05, 0.1) is 13.2 Å². The van der Waals surface area contributed by atoms with Crippen LogP contribution < -0.4 is 10.1 Å². The van der Waals surface area contributed by atoms with Crippen LogP contribution in [-0.2, 0) is 4.74 Å². The first-order valence-electron chi connectivity index (χ1n) is 7.43. The molecule has 1 aliphatic heterocycles. The fourth-order valence-corrected chi connectivity index (χ4v) is 3.39. The number of ether oxygens (including phenoxy) is 2. The SMILES string of the molecule is CCNC(CCC1CCCO1)c1ccc(OC)cc1Br. The molecule has 0 bridgehead atoms. The summed E-state index contributed by atoms with van der Waals surface area (Å²) in [5, 5.41) is 3.57. The summed E-state index contributed by atoms with van der Waals surface area (Å²) in [5.41, 5.74) is 1.30. The molecule has 4 heteroatoms. The molecule has 2 unspecified atom stereocenters. The minimum Gasteiger partial charge on any atom is -0.497 e. The molecule has 1 N–H and O–H groups in total. The molecular weight excluding hydrogens is 318 g/mol. The maximum absolute atomic E-state index is 5.72. The van der Waals surface area contributed by atoms with Crippen LogP contribution in [0.25, 0.3) is 0 Å². The van der Waals surface area contributed by atoms with E-state index in [1.54, 1.807) is 7.11 Å². The minimum atomic E-state index is 0.365. The lowest BCUT2D eigenvalue weighted by molar-refractivity contribution is 0.0996. The summed E-state index contributed by atoms with van der Waals surface area (Å²) in [7, 11) is 1.70. The van der Waals surface area contributed by atoms with Crippen LogP contribution in [0.5, 0.6) is 5.75 Å². The van der Waals surface area contributed by atoms with Gasteiger partial charge in [-0.05, 0) is 49.9 Å². The van der Waals surface area contributed by atoms with Crippen molar-refractivity contribution in [1.29, 1.82) is 0 Å². The molecule has 1 heterocycles. The van der Waals surface area contributed by atoms with Gasteiger partial charge in [-0.3, -0.25) is 0 Å². The molecular formula is C16H24BrNO2. The molecule has 20 heavy (non-hydrogen) atoms. The average Bonchev–Trinajstić information content (AvgIpc) is 2.97. The number of benzene rings is 1. The largest absolute Gasteiger partial charge is 0.497 e. The standard InChI is InChI=1S/C16H24BrNO2/c1-3-18-16(9-7-12-5-4-10-20-12)14-8-6-13(19-2)11-15(14)17/h6,8,11-12,16,18H,3-5,7,9-10H2,1-2H3. The lowest BCUT2D eigenvalue weighted by Crippen LogP contribution is -2.22. The van der Waals surface area contributed by atoms with Crippen molar-refractivity contribution < 1.29 is 9.47 Å². The molecule has 0 saturated carbocycles. The molecule has 0 aromatic heterocycles. The van der Waals surface area contributed by atoms with Crippen LogP contribution in [0.15, 0.2) is 22.7 Å². The molecule has 2 rings (SSSR count). The zero-order chi connectivity index (χ0) is 14.4. The van der Waals surface area contributed by atoms with Gasteiger partial charge in [0.15, 0.2) is 0 Å². The number of hydrogen-bond donors (Lipinski definition) is 1. The van der Waals surface area contributed by atoms with Crippen LogP contribution in [0.1, 0.15) is 44.2 Å². The average molecular weight is 342 g/mol. The van der Waals surface area contributed by atoms with Crippen LogP contribution in [0, 0.1) is 0 Å². The normalized spacial score (nSPS) is 20.1. The van der Waals surface area contributed by atoms with Gasteiger partial charge in [0.1, 0.15) is 5.75 Å². The summed E-state index contributed by atoms with van der Waals surface area (Å²) in [6, 6.07) is 6.57. The van der Waals surface area contributed by atoms with E-state index in [0.29, 0.717) is 12.1 Å². The molecule has 1 aliphatic rings. The second-order valence-electron chi connectivity index (χ2n) is 5.21. The van der Waals surface area contributed by atoms with Crippen LogP contribution in [0.2, 0.25) is 0 Å². The Balaban J connectivity index is 2.02. The molecule has 1 aromatic rings. The highest BCUT2D eigenvalue weighted by Crippen LogP contribution is 2.31. The van der Waals surface area contributed by atoms with Crippen molar-refractivity contribution in [3.63, 3.8) is 0 Å². The Morgan fingerprint density at radius 2 is 2.35 bits per heavy atom. The predicted octanol–water partition coefficient (Wildman–Crippen LogP) is 4.07. The lowest BCUT2D eigenvalue weighted by atomic mass is 9.99. The summed E-state index contributed by atoms with van der Waals surface area (Å²) in [5.74, 6) is 0.884. The number of rotatable bonds is 7. The van der Waals surface area contributed by atoms with Crippen LogP contribution in [0.3, 0.4) is 0 Å². The van der Waals surface area contributed by atoms with E-state index in [1.807, 2.05) is 12.1 Å². The van der Waals surface area contributed by atoms with Gasteiger partial charge in [-0.1, -0.05) is 28.9 Å². The molecule has 2 atom stereocenters. The van der Waals surface area contributed by atoms with Gasteiger partial charge >= 0.3 is 0 Å². The Labute approximate surface area is 130 Å². The zero-order valence-electron chi connectivity index (χ0n) is 12.3. The van der Waals surface area contributed by atoms with Crippen molar-refractivity contribution in [3.05, 3.63) is 28.2 Å². The van der Waals surface area contributed by atoms with Crippen LogP contribution >= 0.6 is 15.9 Å². The van der Waals surface area contributed by atoms with E-state index in [2.05, 4.69) is 34.2 Å². The van der Waals surface area contributed by atoms with E-state index in [9.17, 15) is 0 Å². The molecule has 1 fully saturated rings. The first-order valence-corrected chi connectivity index (χ1v) is 8.22. The van der Waals surface area contributed by atoms with E-state index < -0.39 is 0 Å². The van der Waals surface area contributed by atoms with Gasteiger partial charge in [-0.2, -0.15) is 0 Å². The molecule has 0 amide bonds. The van der Waals surface area contributed by atoms with Gasteiger partial charge in [0.2, 0.25) is 0 Å². The summed E-state index contributed by atoms with van der Waals surface area (Å²) >= 11 is 3.66. The molecule has 3 nitrogen and oxygen atoms in total. The summed E-state index contributed by atoms with van der Waals surface area (Å²) in [6.45, 7) is 4.05. The monoisotopic (exact) mass is 341 g/mol. The van der Waals surface area contributed by atoms with Crippen molar-refractivity contribution in [3.8, 4) is 5.75 Å². The zero-order valence-corrected chi connectivity index (χ0v) is 13.9. The molecule has 0 aliphatic carbocycles. The molecule has 0 spiro atoms. The topological polar surface area (TPSA) is 30.5 Å². The second-order valence-corrected chi connectivity index (χ2v) is 6.06. The number of hydrogen-bond acceptors (Lipinski definition) is 3. The number of methoxy groups -OCH3 is 1. The second kappa shape index (κ2) is 8.01. The number of nitrogens with one attached hydrogen (secondary N) is 1. The van der Waals surface area contributed by atoms with Gasteiger partial charge in [-0.15, -0.1) is 0 Å². The predicted molar refractivity (Wildman–Crippen MR) is 85.3 cm³/mol. The summed E-state index contributed by atoms with van der Waals surface area (Å²) in [6.07, 6.45) is 5.10. The van der Waals surface area contributed by atoms with Crippen molar-refractivity contribution in [2.75, 3.05) is 20.3 Å². The van der Waals surface area contributed by atoms with Gasteiger partial charge < -0.3 is 14.8 Å². The summed E-state index contributed by atoms with van der Waals surface area (Å²) in [4.78, 5) is 0. The van der Waals surface area contributed by atoms with Crippen molar-refractivity contribution in [1.82, 2.24) is 5.32 Å². The Hall–Kier alpha value is -0.580. The smallest absolute Gasteiger partial charge is 0.120 e. The first-order chi connectivity index (χ1) is 9.74. The first kappa shape index (κ1) is 15.8. The van der Waals surface area contributed by atoms with E-state index in [1.165, 1.54) is 18.4 Å². The van der Waals surface area contributed by atoms with Crippen molar-refractivity contribution in [2.24, 2.45) is 0 Å². The van der Waals surface area contributed by atoms with E-state index in [0.717, 1.165) is 36.2 Å². The Morgan fingerprint density at radius 3 is 2.95 bits per heavy atom. The van der Waals surface area contributed by atoms with Crippen LogP contribution in [-0.4, -0.2) is 26.4 Å². The van der Waals surface area contributed by atoms with E-state index in [4.69, 9.17) is 9.47 Å². The van der Waals surface area contributed by atoms with Gasteiger partial charge in [0, 0.05) is 17.1 Å². The maximum atomic E-state index is 5.72. The molecule has 1 saturated heterocycles. The Kier molecular flexibility index (Phi) is 6.33. The minimum absolute atomic E-state index is 0.365. The Bertz CT molecular complexity index is 419. The fourth-order valence-electron chi connectivity index (χ4n) is 2.76. The van der Waals surface area contributed by atoms with Gasteiger partial charge in [-0.25, -0.2) is 0 Å². The van der Waals surface area contributed by atoms with Crippen molar-refractivity contribution >= 4 is 15.9 Å².